The van der Waals surface area contributed by atoms with Gasteiger partial charge in [0.1, 0.15) is 17.9 Å². The molecule has 0 spiro atoms. The predicted octanol–water partition coefficient (Wildman–Crippen LogP) is 3.68. The van der Waals surface area contributed by atoms with Gasteiger partial charge in [-0.05, 0) is 52.0 Å². The van der Waals surface area contributed by atoms with Crippen molar-refractivity contribution in [1.82, 2.24) is 19.9 Å². The van der Waals surface area contributed by atoms with Gasteiger partial charge in [-0.3, -0.25) is 9.78 Å². The summed E-state index contributed by atoms with van der Waals surface area (Å²) in [5, 5.41) is 7.86. The number of pyridine rings is 1. The van der Waals surface area contributed by atoms with Crippen LogP contribution in [-0.4, -0.2) is 57.1 Å². The molecule has 0 radical (unpaired) electrons. The molecule has 1 aliphatic carbocycles. The van der Waals surface area contributed by atoms with E-state index in [4.69, 9.17) is 9.15 Å². The summed E-state index contributed by atoms with van der Waals surface area (Å²) in [6.07, 6.45) is 8.25. The maximum Gasteiger partial charge on any atom is 0.258 e. The number of ether oxygens (including phenoxy) is 1. The van der Waals surface area contributed by atoms with Crippen molar-refractivity contribution in [2.45, 2.75) is 64.1 Å². The minimum Gasteiger partial charge on any atom is -0.442 e. The molecular formula is C25H30N6O3. The van der Waals surface area contributed by atoms with Crippen LogP contribution in [0.4, 0.5) is 11.5 Å². The van der Waals surface area contributed by atoms with E-state index in [1.165, 1.54) is 11.9 Å². The third-order valence-corrected chi connectivity index (χ3v) is 7.28. The average Bonchev–Trinajstić information content (AvgIpc) is 3.47. The molecular weight excluding hydrogens is 432 g/mol. The van der Waals surface area contributed by atoms with Crippen LogP contribution in [0.3, 0.4) is 0 Å². The summed E-state index contributed by atoms with van der Waals surface area (Å²) < 4.78 is 11.4. The van der Waals surface area contributed by atoms with Gasteiger partial charge in [0, 0.05) is 48.8 Å². The van der Waals surface area contributed by atoms with Crippen LogP contribution in [-0.2, 0) is 17.7 Å². The van der Waals surface area contributed by atoms with Gasteiger partial charge in [-0.15, -0.1) is 0 Å². The van der Waals surface area contributed by atoms with E-state index in [1.54, 1.807) is 0 Å². The van der Waals surface area contributed by atoms with Crippen molar-refractivity contribution in [3.63, 3.8) is 0 Å². The largest absolute Gasteiger partial charge is 0.442 e. The first kappa shape index (κ1) is 21.3. The molecule has 9 heteroatoms. The maximum atomic E-state index is 13.8. The van der Waals surface area contributed by atoms with E-state index in [1.807, 2.05) is 24.1 Å². The molecule has 6 rings (SSSR count). The predicted molar refractivity (Wildman–Crippen MR) is 128 cm³/mol. The van der Waals surface area contributed by atoms with Crippen molar-refractivity contribution in [3.05, 3.63) is 41.2 Å². The second-order valence-electron chi connectivity index (χ2n) is 9.91. The van der Waals surface area contributed by atoms with Gasteiger partial charge >= 0.3 is 0 Å². The summed E-state index contributed by atoms with van der Waals surface area (Å²) >= 11 is 0. The third kappa shape index (κ3) is 3.87. The molecule has 1 saturated carbocycles. The molecule has 178 valence electrons. The summed E-state index contributed by atoms with van der Waals surface area (Å²) in [6.45, 7) is 6.67. The highest BCUT2D eigenvalue weighted by Gasteiger charge is 2.39. The Morgan fingerprint density at radius 1 is 1.21 bits per heavy atom. The smallest absolute Gasteiger partial charge is 0.258 e. The van der Waals surface area contributed by atoms with Crippen LogP contribution in [0.25, 0.3) is 11.1 Å². The normalized spacial score (nSPS) is 19.6. The molecule has 0 aromatic carbocycles. The number of rotatable bonds is 5. The molecule has 5 heterocycles. The van der Waals surface area contributed by atoms with E-state index in [0.717, 1.165) is 56.7 Å². The number of anilines is 2. The number of hydrogen-bond donors (Lipinski definition) is 2. The van der Waals surface area contributed by atoms with Gasteiger partial charge in [-0.2, -0.15) is 0 Å². The number of furan rings is 1. The molecule has 1 saturated heterocycles. The Morgan fingerprint density at radius 2 is 2.03 bits per heavy atom. The molecule has 3 aromatic heterocycles. The average molecular weight is 463 g/mol. The number of nitrogens with one attached hydrogen (secondary N) is 2. The molecule has 2 aliphatic heterocycles. The van der Waals surface area contributed by atoms with Gasteiger partial charge in [0.25, 0.3) is 5.91 Å². The van der Waals surface area contributed by atoms with Crippen molar-refractivity contribution >= 4 is 28.5 Å². The van der Waals surface area contributed by atoms with Crippen LogP contribution in [0.1, 0.15) is 60.0 Å². The lowest BCUT2D eigenvalue weighted by Crippen LogP contribution is -2.37. The number of carbonyl (C=O) groups is 1. The molecule has 9 nitrogen and oxygen atoms in total. The fourth-order valence-electron chi connectivity index (χ4n) is 4.98. The number of aromatic nitrogens is 3. The Balaban J connectivity index is 1.27. The Morgan fingerprint density at radius 3 is 2.82 bits per heavy atom. The molecule has 2 fully saturated rings. The Bertz CT molecular complexity index is 1240. The van der Waals surface area contributed by atoms with Crippen LogP contribution in [0.2, 0.25) is 0 Å². The Labute approximate surface area is 198 Å². The lowest BCUT2D eigenvalue weighted by molar-refractivity contribution is 0.0731. The molecule has 3 aliphatic rings. The third-order valence-electron chi connectivity index (χ3n) is 7.28. The first-order valence-electron chi connectivity index (χ1n) is 12.1. The van der Waals surface area contributed by atoms with E-state index in [9.17, 15) is 4.79 Å². The van der Waals surface area contributed by atoms with Crippen molar-refractivity contribution < 1.29 is 13.9 Å². The zero-order chi connectivity index (χ0) is 23.3. The summed E-state index contributed by atoms with van der Waals surface area (Å²) in [4.78, 5) is 29.0. The fourth-order valence-corrected chi connectivity index (χ4v) is 4.98. The summed E-state index contributed by atoms with van der Waals surface area (Å²) in [7, 11) is 0. The zero-order valence-electron chi connectivity index (χ0n) is 19.7. The molecule has 2 N–H and O–H groups in total. The van der Waals surface area contributed by atoms with Crippen molar-refractivity contribution in [1.29, 1.82) is 0 Å². The van der Waals surface area contributed by atoms with Crippen LogP contribution < -0.4 is 10.6 Å². The monoisotopic (exact) mass is 462 g/mol. The van der Waals surface area contributed by atoms with E-state index in [2.05, 4.69) is 32.5 Å². The van der Waals surface area contributed by atoms with Gasteiger partial charge in [-0.25, -0.2) is 9.97 Å². The standard InChI is InChI=1S/C25H30N6O3/c1-15-20(21-22(30-25(2)7-8-25)27-14-28-23(21)34-15)24(32)31-10-4-17-18(3-9-26-19(17)13-31)29-16-5-11-33-12-6-16/h3,9,14,16H,4-8,10-13H2,1-2H3,(H,26,29)(H,27,28,30). The van der Waals surface area contributed by atoms with Crippen LogP contribution in [0, 0.1) is 6.92 Å². The molecule has 0 unspecified atom stereocenters. The first-order chi connectivity index (χ1) is 16.5. The lowest BCUT2D eigenvalue weighted by Gasteiger charge is -2.31. The number of fused-ring (bicyclic) bond motifs is 2. The molecule has 0 bridgehead atoms. The topological polar surface area (TPSA) is 105 Å². The number of nitrogens with zero attached hydrogens (tertiary/aromatic N) is 4. The Hall–Kier alpha value is -3.20. The van der Waals surface area contributed by atoms with Crippen molar-refractivity contribution in [2.75, 3.05) is 30.4 Å². The summed E-state index contributed by atoms with van der Waals surface area (Å²) in [6, 6.07) is 2.46. The van der Waals surface area contributed by atoms with Gasteiger partial charge < -0.3 is 24.7 Å². The number of amides is 1. The SMILES string of the molecule is Cc1oc2ncnc(NC3(C)CC3)c2c1C(=O)N1CCc2c(NC3CCOCC3)ccnc2C1. The lowest BCUT2D eigenvalue weighted by atomic mass is 10.00. The minimum atomic E-state index is -0.0645. The first-order valence-corrected chi connectivity index (χ1v) is 12.1. The minimum absolute atomic E-state index is 0.0224. The zero-order valence-corrected chi connectivity index (χ0v) is 19.7. The van der Waals surface area contributed by atoms with Crippen LogP contribution >= 0.6 is 0 Å². The van der Waals surface area contributed by atoms with E-state index >= 15 is 0 Å². The quantitative estimate of drug-likeness (QED) is 0.592. The van der Waals surface area contributed by atoms with E-state index in [-0.39, 0.29) is 11.4 Å². The van der Waals surface area contributed by atoms with Gasteiger partial charge in [0.2, 0.25) is 5.71 Å². The van der Waals surface area contributed by atoms with Gasteiger partial charge in [0.15, 0.2) is 0 Å². The molecule has 3 aromatic rings. The number of hydrogen-bond acceptors (Lipinski definition) is 8. The summed E-state index contributed by atoms with van der Waals surface area (Å²) in [5.41, 5.74) is 4.30. The van der Waals surface area contributed by atoms with Crippen LogP contribution in [0.15, 0.2) is 23.0 Å². The highest BCUT2D eigenvalue weighted by atomic mass is 16.5. The highest BCUT2D eigenvalue weighted by molar-refractivity contribution is 6.10. The van der Waals surface area contributed by atoms with Crippen molar-refractivity contribution in [3.8, 4) is 0 Å². The van der Waals surface area contributed by atoms with E-state index < -0.39 is 0 Å². The molecule has 34 heavy (non-hydrogen) atoms. The maximum absolute atomic E-state index is 13.8. The van der Waals surface area contributed by atoms with Crippen molar-refractivity contribution in [2.24, 2.45) is 0 Å². The Kier molecular flexibility index (Phi) is 5.17. The van der Waals surface area contributed by atoms with E-state index in [0.29, 0.717) is 47.4 Å². The second kappa shape index (κ2) is 8.23. The van der Waals surface area contributed by atoms with Gasteiger partial charge in [0.05, 0.1) is 23.2 Å². The fraction of sp³-hybridized carbons (Fsp3) is 0.520. The molecule has 1 amide bonds. The number of carbonyl (C=O) groups excluding carboxylic acids is 1. The summed E-state index contributed by atoms with van der Waals surface area (Å²) in [5.74, 6) is 1.17. The number of aryl methyl sites for hydroxylation is 1. The highest BCUT2D eigenvalue weighted by Crippen LogP contribution is 2.40. The van der Waals surface area contributed by atoms with Gasteiger partial charge in [-0.1, -0.05) is 0 Å². The second-order valence-corrected chi connectivity index (χ2v) is 9.91. The molecule has 0 atom stereocenters. The van der Waals surface area contributed by atoms with Crippen LogP contribution in [0.5, 0.6) is 0 Å².